The molecule has 3 fully saturated rings. The molecule has 166 valence electrons. The molecular weight excluding hydrogens is 436 g/mol. The van der Waals surface area contributed by atoms with Crippen LogP contribution in [0.25, 0.3) is 11.2 Å². The van der Waals surface area contributed by atoms with Crippen molar-refractivity contribution in [2.45, 2.75) is 56.5 Å². The fraction of sp³-hybridized carbons (Fsp3) is 0.632. The number of ether oxygens (including phenoxy) is 3. The summed E-state index contributed by atoms with van der Waals surface area (Å²) in [4.78, 5) is 10.1. The minimum Gasteiger partial charge on any atom is -0.394 e. The van der Waals surface area contributed by atoms with Gasteiger partial charge >= 0.3 is 0 Å². The van der Waals surface area contributed by atoms with Gasteiger partial charge in [0.05, 0.1) is 31.7 Å². The molecule has 0 aromatic carbocycles. The van der Waals surface area contributed by atoms with Gasteiger partial charge in [-0.1, -0.05) is 11.6 Å². The molecular formula is C19H20ClF2N5O4. The molecule has 0 unspecified atom stereocenters. The molecule has 9 nitrogen and oxygen atoms in total. The second-order valence-electron chi connectivity index (χ2n) is 8.31. The molecule has 0 saturated carbocycles. The molecule has 0 aliphatic carbocycles. The van der Waals surface area contributed by atoms with Crippen molar-refractivity contribution in [2.75, 3.05) is 24.6 Å². The molecule has 2 aromatic heterocycles. The van der Waals surface area contributed by atoms with E-state index >= 15 is 0 Å². The molecule has 3 aliphatic heterocycles. The van der Waals surface area contributed by atoms with Crippen molar-refractivity contribution >= 4 is 28.5 Å². The first-order valence-corrected chi connectivity index (χ1v) is 10.2. The molecule has 3 aliphatic rings. The number of aliphatic hydroxyl groups is 1. The lowest BCUT2D eigenvalue weighted by molar-refractivity contribution is -0.199. The second-order valence-corrected chi connectivity index (χ2v) is 8.67. The van der Waals surface area contributed by atoms with E-state index in [1.807, 2.05) is 6.07 Å². The normalized spacial score (nSPS) is 34.4. The predicted octanol–water partition coefficient (Wildman–Crippen LogP) is 1.86. The Morgan fingerprint density at radius 3 is 2.61 bits per heavy atom. The van der Waals surface area contributed by atoms with Crippen LogP contribution < -0.4 is 4.90 Å². The van der Waals surface area contributed by atoms with Crippen LogP contribution in [-0.2, 0) is 14.2 Å². The topological polar surface area (TPSA) is 106 Å². The largest absolute Gasteiger partial charge is 0.394 e. The molecule has 1 N–H and O–H groups in total. The van der Waals surface area contributed by atoms with Gasteiger partial charge in [0.2, 0.25) is 0 Å². The number of hydrogen-bond acceptors (Lipinski definition) is 8. The number of anilines is 1. The third-order valence-corrected chi connectivity index (χ3v) is 6.10. The summed E-state index contributed by atoms with van der Waals surface area (Å²) in [6.07, 6.45) is -4.32. The Hall–Kier alpha value is -2.10. The van der Waals surface area contributed by atoms with E-state index in [-0.39, 0.29) is 47.3 Å². The summed E-state index contributed by atoms with van der Waals surface area (Å²) in [7, 11) is 0. The monoisotopic (exact) mass is 455 g/mol. The maximum Gasteiger partial charge on any atom is 0.166 e. The van der Waals surface area contributed by atoms with Gasteiger partial charge in [-0.25, -0.2) is 18.7 Å². The van der Waals surface area contributed by atoms with Crippen molar-refractivity contribution in [3.05, 3.63) is 17.0 Å². The summed E-state index contributed by atoms with van der Waals surface area (Å²) < 4.78 is 47.2. The van der Waals surface area contributed by atoms with E-state index in [0.717, 1.165) is 0 Å². The number of hydrogen-bond donors (Lipinski definition) is 1. The summed E-state index contributed by atoms with van der Waals surface area (Å²) in [5.74, 6) is -0.868. The van der Waals surface area contributed by atoms with E-state index in [0.29, 0.717) is 0 Å². The quantitative estimate of drug-likeness (QED) is 0.699. The fourth-order valence-electron chi connectivity index (χ4n) is 4.53. The van der Waals surface area contributed by atoms with Gasteiger partial charge in [-0.15, -0.1) is 0 Å². The van der Waals surface area contributed by atoms with Crippen molar-refractivity contribution in [3.63, 3.8) is 0 Å². The second kappa shape index (κ2) is 7.21. The number of nitriles is 1. The summed E-state index contributed by atoms with van der Waals surface area (Å²) in [5, 5.41) is 19.2. The zero-order chi connectivity index (χ0) is 22.1. The zero-order valence-corrected chi connectivity index (χ0v) is 17.5. The number of halogens is 3. The lowest BCUT2D eigenvalue weighted by Crippen LogP contribution is -2.31. The van der Waals surface area contributed by atoms with Crippen LogP contribution in [0.3, 0.4) is 0 Å². The molecule has 0 radical (unpaired) electrons. The van der Waals surface area contributed by atoms with Gasteiger partial charge in [-0.05, 0) is 13.8 Å². The molecule has 31 heavy (non-hydrogen) atoms. The van der Waals surface area contributed by atoms with Crippen molar-refractivity contribution in [1.82, 2.24) is 14.5 Å². The first kappa shape index (κ1) is 20.8. The van der Waals surface area contributed by atoms with Gasteiger partial charge in [-0.2, -0.15) is 5.26 Å². The lowest BCUT2D eigenvalue weighted by Gasteiger charge is -2.24. The predicted molar refractivity (Wildman–Crippen MR) is 104 cm³/mol. The summed E-state index contributed by atoms with van der Waals surface area (Å²) in [5.41, 5.74) is 0.775. The Morgan fingerprint density at radius 2 is 1.97 bits per heavy atom. The number of pyridine rings is 1. The van der Waals surface area contributed by atoms with E-state index in [2.05, 4.69) is 9.97 Å². The van der Waals surface area contributed by atoms with Crippen LogP contribution in [0.1, 0.15) is 25.6 Å². The number of alkyl halides is 2. The standard InChI is InChI=1S/C19H20ClF2N5O4/c1-19(2)30-14-11(6-28)29-18(15(14)31-19)27-7-24-12-13(26-4-9(21)10(22)5-26)8(3-23)16(20)25-17(12)27/h7,9-11,14-15,18,28H,4-6H2,1-2H3/t9-,10+,11-,14-,15-,18-/m1/s1. The highest BCUT2D eigenvalue weighted by Gasteiger charge is 2.56. The molecule has 3 saturated heterocycles. The number of rotatable bonds is 3. The smallest absolute Gasteiger partial charge is 0.166 e. The number of fused-ring (bicyclic) bond motifs is 2. The Balaban J connectivity index is 1.62. The highest BCUT2D eigenvalue weighted by atomic mass is 35.5. The van der Waals surface area contributed by atoms with E-state index in [1.54, 1.807) is 18.4 Å². The summed E-state index contributed by atoms with van der Waals surface area (Å²) >= 11 is 6.28. The Bertz CT molecular complexity index is 1070. The average molecular weight is 456 g/mol. The van der Waals surface area contributed by atoms with Crippen LogP contribution in [-0.4, -0.2) is 75.8 Å². The molecule has 0 bridgehead atoms. The Morgan fingerprint density at radius 1 is 1.29 bits per heavy atom. The molecule has 0 spiro atoms. The Kier molecular flexibility index (Phi) is 4.84. The van der Waals surface area contributed by atoms with Crippen LogP contribution in [0.15, 0.2) is 6.33 Å². The SMILES string of the molecule is CC1(C)O[C@@H]2[C@H](O1)[C@@H](CO)O[C@H]2n1cnc2c(N3C[C@@H](F)[C@@H](F)C3)c(C#N)c(Cl)nc21. The van der Waals surface area contributed by atoms with Crippen LogP contribution >= 0.6 is 11.6 Å². The Labute approximate surface area is 181 Å². The van der Waals surface area contributed by atoms with Gasteiger partial charge < -0.3 is 24.2 Å². The minimum absolute atomic E-state index is 0.000696. The molecule has 12 heteroatoms. The van der Waals surface area contributed by atoms with Gasteiger partial charge in [0.1, 0.15) is 35.5 Å². The van der Waals surface area contributed by atoms with Crippen LogP contribution in [0.4, 0.5) is 14.5 Å². The number of nitrogens with zero attached hydrogens (tertiary/aromatic N) is 5. The summed E-state index contributed by atoms with van der Waals surface area (Å²) in [6, 6.07) is 1.97. The van der Waals surface area contributed by atoms with Crippen LogP contribution in [0.2, 0.25) is 5.15 Å². The van der Waals surface area contributed by atoms with E-state index in [9.17, 15) is 19.1 Å². The zero-order valence-electron chi connectivity index (χ0n) is 16.7. The van der Waals surface area contributed by atoms with Crippen molar-refractivity contribution in [2.24, 2.45) is 0 Å². The first-order chi connectivity index (χ1) is 14.7. The molecule has 2 aromatic rings. The minimum atomic E-state index is -1.67. The number of aromatic nitrogens is 3. The van der Waals surface area contributed by atoms with Gasteiger partial charge in [-0.3, -0.25) is 4.57 Å². The van der Waals surface area contributed by atoms with E-state index in [4.69, 9.17) is 25.8 Å². The highest BCUT2D eigenvalue weighted by Crippen LogP contribution is 2.44. The van der Waals surface area contributed by atoms with Crippen molar-refractivity contribution in [1.29, 1.82) is 5.26 Å². The van der Waals surface area contributed by atoms with Gasteiger partial charge in [0, 0.05) is 0 Å². The van der Waals surface area contributed by atoms with E-state index < -0.39 is 42.7 Å². The van der Waals surface area contributed by atoms with Gasteiger partial charge in [0.15, 0.2) is 35.2 Å². The van der Waals surface area contributed by atoms with Crippen molar-refractivity contribution in [3.8, 4) is 6.07 Å². The van der Waals surface area contributed by atoms with Crippen LogP contribution in [0, 0.1) is 11.3 Å². The first-order valence-electron chi connectivity index (χ1n) is 9.85. The third kappa shape index (κ3) is 3.16. The van der Waals surface area contributed by atoms with Crippen molar-refractivity contribution < 1.29 is 28.1 Å². The third-order valence-electron chi connectivity index (χ3n) is 5.83. The molecule has 0 amide bonds. The maximum absolute atomic E-state index is 13.9. The molecule has 6 atom stereocenters. The highest BCUT2D eigenvalue weighted by molar-refractivity contribution is 6.31. The van der Waals surface area contributed by atoms with Crippen LogP contribution in [0.5, 0.6) is 0 Å². The number of aliphatic hydroxyl groups excluding tert-OH is 1. The molecule has 5 rings (SSSR count). The fourth-order valence-corrected chi connectivity index (χ4v) is 4.74. The summed E-state index contributed by atoms with van der Waals surface area (Å²) in [6.45, 7) is 2.82. The molecule has 5 heterocycles. The van der Waals surface area contributed by atoms with E-state index in [1.165, 1.54) is 11.2 Å². The average Bonchev–Trinajstić information content (AvgIpc) is 3.43. The number of imidazole rings is 1. The lowest BCUT2D eigenvalue weighted by atomic mass is 10.1. The maximum atomic E-state index is 13.9. The van der Waals surface area contributed by atoms with Gasteiger partial charge in [0.25, 0.3) is 0 Å².